The molecule has 0 spiro atoms. The van der Waals surface area contributed by atoms with Crippen LogP contribution >= 0.6 is 15.9 Å². The molecule has 2 nitrogen and oxygen atoms in total. The van der Waals surface area contributed by atoms with Crippen molar-refractivity contribution in [2.75, 3.05) is 6.61 Å². The summed E-state index contributed by atoms with van der Waals surface area (Å²) in [5.41, 5.74) is 2.20. The van der Waals surface area contributed by atoms with E-state index in [1.165, 1.54) is 6.92 Å². The third kappa shape index (κ3) is 4.19. The Morgan fingerprint density at radius 2 is 2.12 bits per heavy atom. The lowest BCUT2D eigenvalue weighted by Gasteiger charge is -2.06. The van der Waals surface area contributed by atoms with Crippen molar-refractivity contribution in [2.45, 2.75) is 20.3 Å². The zero-order chi connectivity index (χ0) is 12.0. The molecule has 0 radical (unpaired) electrons. The van der Waals surface area contributed by atoms with E-state index in [9.17, 15) is 4.79 Å². The van der Waals surface area contributed by atoms with Gasteiger partial charge in [-0.15, -0.1) is 0 Å². The number of rotatable bonds is 4. The van der Waals surface area contributed by atoms with E-state index in [4.69, 9.17) is 4.74 Å². The van der Waals surface area contributed by atoms with Gasteiger partial charge in [0.15, 0.2) is 0 Å². The molecule has 3 heteroatoms. The van der Waals surface area contributed by atoms with Crippen LogP contribution in [0, 0.1) is 0 Å². The van der Waals surface area contributed by atoms with Crippen molar-refractivity contribution in [3.63, 3.8) is 0 Å². The first-order valence-corrected chi connectivity index (χ1v) is 6.00. The predicted molar refractivity (Wildman–Crippen MR) is 69.0 cm³/mol. The number of halogens is 1. The van der Waals surface area contributed by atoms with Crippen molar-refractivity contribution < 1.29 is 9.53 Å². The third-order valence-corrected chi connectivity index (χ3v) is 2.90. The molecule has 1 aromatic carbocycles. The molecular weight excluding hydrogens is 268 g/mol. The summed E-state index contributed by atoms with van der Waals surface area (Å²) in [5, 5.41) is 0. The van der Waals surface area contributed by atoms with Crippen LogP contribution in [0.3, 0.4) is 0 Å². The third-order valence-electron chi connectivity index (χ3n) is 2.18. The number of esters is 1. The standard InChI is InChI=1S/C13H15BrO2/c1-3-11(9-16-10(2)15)8-12-6-4-5-7-13(12)14/h4-8H,3,9H2,1-2H3/b11-8+. The van der Waals surface area contributed by atoms with Crippen LogP contribution in [0.4, 0.5) is 0 Å². The first-order chi connectivity index (χ1) is 7.63. The average molecular weight is 283 g/mol. The van der Waals surface area contributed by atoms with Crippen LogP contribution in [0.15, 0.2) is 34.3 Å². The minimum Gasteiger partial charge on any atom is -0.461 e. The Labute approximate surface area is 104 Å². The number of benzene rings is 1. The second-order valence-corrected chi connectivity index (χ2v) is 4.31. The van der Waals surface area contributed by atoms with Gasteiger partial charge in [-0.2, -0.15) is 0 Å². The first-order valence-electron chi connectivity index (χ1n) is 5.20. The molecule has 86 valence electrons. The van der Waals surface area contributed by atoms with E-state index < -0.39 is 0 Å². The lowest BCUT2D eigenvalue weighted by molar-refractivity contribution is -0.139. The van der Waals surface area contributed by atoms with Gasteiger partial charge in [0, 0.05) is 11.4 Å². The maximum atomic E-state index is 10.7. The van der Waals surface area contributed by atoms with Gasteiger partial charge in [-0.1, -0.05) is 47.1 Å². The Morgan fingerprint density at radius 3 is 2.69 bits per heavy atom. The Morgan fingerprint density at radius 1 is 1.44 bits per heavy atom. The van der Waals surface area contributed by atoms with Gasteiger partial charge in [0.2, 0.25) is 0 Å². The summed E-state index contributed by atoms with van der Waals surface area (Å²) < 4.78 is 6.03. The van der Waals surface area contributed by atoms with Crippen molar-refractivity contribution in [3.05, 3.63) is 39.9 Å². The predicted octanol–water partition coefficient (Wildman–Crippen LogP) is 3.81. The average Bonchev–Trinajstić information content (AvgIpc) is 2.26. The second kappa shape index (κ2) is 6.48. The molecule has 0 saturated heterocycles. The van der Waals surface area contributed by atoms with Crippen LogP contribution in [0.1, 0.15) is 25.8 Å². The van der Waals surface area contributed by atoms with Crippen LogP contribution < -0.4 is 0 Å². The summed E-state index contributed by atoms with van der Waals surface area (Å²) >= 11 is 3.48. The largest absolute Gasteiger partial charge is 0.461 e. The van der Waals surface area contributed by atoms with Gasteiger partial charge in [0.05, 0.1) is 0 Å². The van der Waals surface area contributed by atoms with Gasteiger partial charge in [0.1, 0.15) is 6.61 Å². The molecule has 0 unspecified atom stereocenters. The smallest absolute Gasteiger partial charge is 0.302 e. The topological polar surface area (TPSA) is 26.3 Å². The molecule has 0 bridgehead atoms. The van der Waals surface area contributed by atoms with E-state index in [1.807, 2.05) is 37.3 Å². The molecular formula is C13H15BrO2. The molecule has 0 aromatic heterocycles. The molecule has 0 aliphatic carbocycles. The fourth-order valence-electron chi connectivity index (χ4n) is 1.25. The number of carbonyl (C=O) groups is 1. The molecule has 0 amide bonds. The fourth-order valence-corrected chi connectivity index (χ4v) is 1.65. The minimum atomic E-state index is -0.244. The Kier molecular flexibility index (Phi) is 5.26. The Hall–Kier alpha value is -1.09. The molecule has 0 N–H and O–H groups in total. The Bertz CT molecular complexity index is 397. The summed E-state index contributed by atoms with van der Waals surface area (Å²) in [7, 11) is 0. The monoisotopic (exact) mass is 282 g/mol. The molecule has 16 heavy (non-hydrogen) atoms. The number of hydrogen-bond acceptors (Lipinski definition) is 2. The van der Waals surface area contributed by atoms with Crippen LogP contribution in [-0.2, 0) is 9.53 Å². The lowest BCUT2D eigenvalue weighted by Crippen LogP contribution is -2.02. The minimum absolute atomic E-state index is 0.244. The molecule has 0 heterocycles. The molecule has 0 fully saturated rings. The molecule has 1 aromatic rings. The Balaban J connectivity index is 2.79. The first kappa shape index (κ1) is 13.0. The summed E-state index contributed by atoms with van der Waals surface area (Å²) in [5.74, 6) is -0.244. The normalized spacial score (nSPS) is 11.3. The summed E-state index contributed by atoms with van der Waals surface area (Å²) in [6, 6.07) is 7.97. The highest BCUT2D eigenvalue weighted by molar-refractivity contribution is 9.10. The molecule has 1 rings (SSSR count). The van der Waals surface area contributed by atoms with Gasteiger partial charge in [-0.25, -0.2) is 0 Å². The highest BCUT2D eigenvalue weighted by atomic mass is 79.9. The summed E-state index contributed by atoms with van der Waals surface area (Å²) in [4.78, 5) is 10.7. The number of carbonyl (C=O) groups excluding carboxylic acids is 1. The van der Waals surface area contributed by atoms with Gasteiger partial charge >= 0.3 is 5.97 Å². The van der Waals surface area contributed by atoms with E-state index in [0.717, 1.165) is 22.0 Å². The summed E-state index contributed by atoms with van der Waals surface area (Å²) in [6.07, 6.45) is 2.92. The maximum absolute atomic E-state index is 10.7. The highest BCUT2D eigenvalue weighted by Gasteiger charge is 2.00. The highest BCUT2D eigenvalue weighted by Crippen LogP contribution is 2.19. The van der Waals surface area contributed by atoms with Crippen LogP contribution in [-0.4, -0.2) is 12.6 Å². The SMILES string of the molecule is CC/C(=C\c1ccccc1Br)COC(C)=O. The number of hydrogen-bond donors (Lipinski definition) is 0. The van der Waals surface area contributed by atoms with Crippen molar-refractivity contribution in [1.82, 2.24) is 0 Å². The van der Waals surface area contributed by atoms with Crippen LogP contribution in [0.5, 0.6) is 0 Å². The van der Waals surface area contributed by atoms with Crippen molar-refractivity contribution in [3.8, 4) is 0 Å². The van der Waals surface area contributed by atoms with E-state index >= 15 is 0 Å². The fraction of sp³-hybridized carbons (Fsp3) is 0.308. The van der Waals surface area contributed by atoms with Crippen molar-refractivity contribution >= 4 is 28.0 Å². The van der Waals surface area contributed by atoms with Gasteiger partial charge in [-0.05, 0) is 23.6 Å². The molecule has 0 aliphatic heterocycles. The van der Waals surface area contributed by atoms with E-state index in [2.05, 4.69) is 15.9 Å². The number of ether oxygens (including phenoxy) is 1. The molecule has 0 saturated carbocycles. The van der Waals surface area contributed by atoms with Gasteiger partial charge < -0.3 is 4.74 Å². The van der Waals surface area contributed by atoms with Crippen molar-refractivity contribution in [2.24, 2.45) is 0 Å². The van der Waals surface area contributed by atoms with Gasteiger partial charge in [-0.3, -0.25) is 4.79 Å². The van der Waals surface area contributed by atoms with E-state index in [0.29, 0.717) is 6.61 Å². The van der Waals surface area contributed by atoms with E-state index in [-0.39, 0.29) is 5.97 Å². The summed E-state index contributed by atoms with van der Waals surface area (Å²) in [6.45, 7) is 3.84. The van der Waals surface area contributed by atoms with Crippen LogP contribution in [0.2, 0.25) is 0 Å². The zero-order valence-corrected chi connectivity index (χ0v) is 11.1. The van der Waals surface area contributed by atoms with E-state index in [1.54, 1.807) is 0 Å². The quantitative estimate of drug-likeness (QED) is 0.785. The zero-order valence-electron chi connectivity index (χ0n) is 9.50. The molecule has 0 atom stereocenters. The van der Waals surface area contributed by atoms with Crippen LogP contribution in [0.25, 0.3) is 6.08 Å². The second-order valence-electron chi connectivity index (χ2n) is 3.46. The van der Waals surface area contributed by atoms with Gasteiger partial charge in [0.25, 0.3) is 0 Å². The molecule has 0 aliphatic rings. The lowest BCUT2D eigenvalue weighted by atomic mass is 10.1. The van der Waals surface area contributed by atoms with Crippen molar-refractivity contribution in [1.29, 1.82) is 0 Å². The maximum Gasteiger partial charge on any atom is 0.302 e.